The Kier molecular flexibility index (Phi) is 6.53. The van der Waals surface area contributed by atoms with E-state index in [1.54, 1.807) is 31.2 Å². The van der Waals surface area contributed by atoms with Crippen molar-refractivity contribution >= 4 is 28.9 Å². The highest BCUT2D eigenvalue weighted by atomic mass is 16.6. The van der Waals surface area contributed by atoms with Crippen molar-refractivity contribution in [1.29, 1.82) is 0 Å². The summed E-state index contributed by atoms with van der Waals surface area (Å²) < 4.78 is 5.26. The van der Waals surface area contributed by atoms with Gasteiger partial charge in [0.05, 0.1) is 24.7 Å². The molecule has 0 aliphatic carbocycles. The van der Waals surface area contributed by atoms with Crippen LogP contribution in [0.3, 0.4) is 0 Å². The molecule has 3 rings (SSSR count). The lowest BCUT2D eigenvalue weighted by atomic mass is 10.1. The minimum Gasteiger partial charge on any atom is -0.379 e. The molecule has 2 N–H and O–H groups in total. The van der Waals surface area contributed by atoms with Crippen LogP contribution in [0.25, 0.3) is 0 Å². The molecule has 29 heavy (non-hydrogen) atoms. The smallest absolute Gasteiger partial charge is 0.272 e. The number of nitrogens with one attached hydrogen (secondary N) is 2. The second kappa shape index (κ2) is 9.26. The monoisotopic (exact) mass is 398 g/mol. The SMILES string of the molecule is Cc1cc(C(=O)Nc2ccc(NC(=O)CN3CCOCC3)cc2)ccc1[N+](=O)[O-]. The lowest BCUT2D eigenvalue weighted by Gasteiger charge is -2.25. The van der Waals surface area contributed by atoms with Gasteiger partial charge in [0.2, 0.25) is 5.91 Å². The van der Waals surface area contributed by atoms with Crippen molar-refractivity contribution < 1.29 is 19.2 Å². The van der Waals surface area contributed by atoms with Gasteiger partial charge in [-0.05, 0) is 43.3 Å². The lowest BCUT2D eigenvalue weighted by molar-refractivity contribution is -0.385. The average Bonchev–Trinajstić information content (AvgIpc) is 2.69. The van der Waals surface area contributed by atoms with Crippen LogP contribution >= 0.6 is 0 Å². The van der Waals surface area contributed by atoms with Gasteiger partial charge in [-0.1, -0.05) is 0 Å². The van der Waals surface area contributed by atoms with Crippen LogP contribution in [0.1, 0.15) is 15.9 Å². The topological polar surface area (TPSA) is 114 Å². The Labute approximate surface area is 167 Å². The van der Waals surface area contributed by atoms with E-state index >= 15 is 0 Å². The summed E-state index contributed by atoms with van der Waals surface area (Å²) in [7, 11) is 0. The van der Waals surface area contributed by atoms with Crippen molar-refractivity contribution in [2.75, 3.05) is 43.5 Å². The second-order valence-corrected chi connectivity index (χ2v) is 6.73. The molecule has 1 fully saturated rings. The first-order chi connectivity index (χ1) is 13.9. The highest BCUT2D eigenvalue weighted by Gasteiger charge is 2.15. The Morgan fingerprint density at radius 1 is 1.07 bits per heavy atom. The predicted octanol–water partition coefficient (Wildman–Crippen LogP) is 2.43. The summed E-state index contributed by atoms with van der Waals surface area (Å²) in [5.41, 5.74) is 1.90. The van der Waals surface area contributed by atoms with Gasteiger partial charge in [0, 0.05) is 41.7 Å². The molecule has 2 aromatic carbocycles. The first kappa shape index (κ1) is 20.4. The molecule has 0 atom stereocenters. The summed E-state index contributed by atoms with van der Waals surface area (Å²) in [5, 5.41) is 16.4. The van der Waals surface area contributed by atoms with Crippen LogP contribution in [0.2, 0.25) is 0 Å². The van der Waals surface area contributed by atoms with E-state index in [-0.39, 0.29) is 17.5 Å². The van der Waals surface area contributed by atoms with Crippen molar-refractivity contribution in [2.45, 2.75) is 6.92 Å². The van der Waals surface area contributed by atoms with E-state index in [9.17, 15) is 19.7 Å². The zero-order valence-corrected chi connectivity index (χ0v) is 16.0. The molecule has 1 saturated heterocycles. The number of nitro groups is 1. The average molecular weight is 398 g/mol. The van der Waals surface area contributed by atoms with Crippen LogP contribution in [0, 0.1) is 17.0 Å². The number of hydrogen-bond acceptors (Lipinski definition) is 6. The number of aryl methyl sites for hydroxylation is 1. The number of nitro benzene ring substituents is 1. The Hall–Kier alpha value is -3.30. The van der Waals surface area contributed by atoms with Gasteiger partial charge in [-0.3, -0.25) is 24.6 Å². The first-order valence-corrected chi connectivity index (χ1v) is 9.19. The van der Waals surface area contributed by atoms with Crippen LogP contribution in [-0.2, 0) is 9.53 Å². The lowest BCUT2D eigenvalue weighted by Crippen LogP contribution is -2.41. The molecule has 0 radical (unpaired) electrons. The van der Waals surface area contributed by atoms with Gasteiger partial charge in [0.15, 0.2) is 0 Å². The van der Waals surface area contributed by atoms with E-state index < -0.39 is 4.92 Å². The minimum atomic E-state index is -0.483. The molecule has 2 aromatic rings. The number of ether oxygens (including phenoxy) is 1. The highest BCUT2D eigenvalue weighted by molar-refractivity contribution is 6.04. The molecule has 1 aliphatic rings. The maximum absolute atomic E-state index is 12.4. The first-order valence-electron chi connectivity index (χ1n) is 9.19. The minimum absolute atomic E-state index is 0.0290. The molecule has 0 bridgehead atoms. The van der Waals surface area contributed by atoms with Crippen LogP contribution in [0.15, 0.2) is 42.5 Å². The summed E-state index contributed by atoms with van der Waals surface area (Å²) in [5.74, 6) is -0.475. The third kappa shape index (κ3) is 5.59. The van der Waals surface area contributed by atoms with E-state index in [0.717, 1.165) is 13.1 Å². The Bertz CT molecular complexity index is 908. The van der Waals surface area contributed by atoms with Gasteiger partial charge >= 0.3 is 0 Å². The summed E-state index contributed by atoms with van der Waals surface area (Å²) in [6.45, 7) is 4.64. The van der Waals surface area contributed by atoms with Gasteiger partial charge in [-0.2, -0.15) is 0 Å². The summed E-state index contributed by atoms with van der Waals surface area (Å²) in [6, 6.07) is 11.0. The molecule has 1 aliphatic heterocycles. The maximum Gasteiger partial charge on any atom is 0.272 e. The fourth-order valence-corrected chi connectivity index (χ4v) is 3.00. The van der Waals surface area contributed by atoms with Crippen LogP contribution in [0.4, 0.5) is 17.1 Å². The number of rotatable bonds is 6. The van der Waals surface area contributed by atoms with Crippen LogP contribution in [0.5, 0.6) is 0 Å². The summed E-state index contributed by atoms with van der Waals surface area (Å²) in [4.78, 5) is 36.9. The number of anilines is 2. The maximum atomic E-state index is 12.4. The summed E-state index contributed by atoms with van der Waals surface area (Å²) >= 11 is 0. The molecule has 0 aromatic heterocycles. The van der Waals surface area contributed by atoms with Gasteiger partial charge < -0.3 is 15.4 Å². The third-order valence-electron chi connectivity index (χ3n) is 4.55. The molecule has 2 amide bonds. The van der Waals surface area contributed by atoms with E-state index in [4.69, 9.17) is 4.74 Å². The fraction of sp³-hybridized carbons (Fsp3) is 0.300. The number of carbonyl (C=O) groups is 2. The van der Waals surface area contributed by atoms with E-state index in [0.29, 0.717) is 42.3 Å². The Balaban J connectivity index is 1.55. The Morgan fingerprint density at radius 3 is 2.28 bits per heavy atom. The van der Waals surface area contributed by atoms with Crippen LogP contribution < -0.4 is 10.6 Å². The summed E-state index contributed by atoms with van der Waals surface area (Å²) in [6.07, 6.45) is 0. The zero-order chi connectivity index (χ0) is 20.8. The number of morpholine rings is 1. The fourth-order valence-electron chi connectivity index (χ4n) is 3.00. The number of nitrogens with zero attached hydrogens (tertiary/aromatic N) is 2. The van der Waals surface area contributed by atoms with Crippen LogP contribution in [-0.4, -0.2) is 54.5 Å². The molecular formula is C20H22N4O5. The van der Waals surface area contributed by atoms with Gasteiger partial charge in [-0.15, -0.1) is 0 Å². The molecule has 9 nitrogen and oxygen atoms in total. The Morgan fingerprint density at radius 2 is 1.69 bits per heavy atom. The van der Waals surface area contributed by atoms with Crippen molar-refractivity contribution in [1.82, 2.24) is 4.90 Å². The van der Waals surface area contributed by atoms with Gasteiger partial charge in [0.25, 0.3) is 11.6 Å². The number of amides is 2. The molecule has 152 valence electrons. The zero-order valence-electron chi connectivity index (χ0n) is 16.0. The van der Waals surface area contributed by atoms with E-state index in [2.05, 4.69) is 10.6 Å². The molecular weight excluding hydrogens is 376 g/mol. The molecule has 0 unspecified atom stereocenters. The van der Waals surface area contributed by atoms with Gasteiger partial charge in [-0.25, -0.2) is 0 Å². The van der Waals surface area contributed by atoms with Crippen molar-refractivity contribution in [2.24, 2.45) is 0 Å². The van der Waals surface area contributed by atoms with Crippen molar-refractivity contribution in [3.05, 3.63) is 63.7 Å². The largest absolute Gasteiger partial charge is 0.379 e. The predicted molar refractivity (Wildman–Crippen MR) is 108 cm³/mol. The van der Waals surface area contributed by atoms with Crippen molar-refractivity contribution in [3.8, 4) is 0 Å². The molecule has 1 heterocycles. The molecule has 0 spiro atoms. The normalized spacial score (nSPS) is 14.2. The number of carbonyl (C=O) groups excluding carboxylic acids is 2. The number of benzene rings is 2. The van der Waals surface area contributed by atoms with Crippen molar-refractivity contribution in [3.63, 3.8) is 0 Å². The van der Waals surface area contributed by atoms with E-state index in [1.165, 1.54) is 18.2 Å². The quantitative estimate of drug-likeness (QED) is 0.571. The third-order valence-corrected chi connectivity index (χ3v) is 4.55. The van der Waals surface area contributed by atoms with Gasteiger partial charge in [0.1, 0.15) is 0 Å². The van der Waals surface area contributed by atoms with E-state index in [1.807, 2.05) is 4.90 Å². The molecule has 9 heteroatoms. The highest BCUT2D eigenvalue weighted by Crippen LogP contribution is 2.20. The second-order valence-electron chi connectivity index (χ2n) is 6.73. The standard InChI is InChI=1S/C20H22N4O5/c1-14-12-15(2-7-18(14)24(27)28)20(26)22-17-5-3-16(4-6-17)21-19(25)13-23-8-10-29-11-9-23/h2-7,12H,8-11,13H2,1H3,(H,21,25)(H,22,26). The number of hydrogen-bond donors (Lipinski definition) is 2. The molecule has 0 saturated carbocycles.